The van der Waals surface area contributed by atoms with Crippen LogP contribution in [0.1, 0.15) is 29.8 Å². The van der Waals surface area contributed by atoms with E-state index in [0.717, 1.165) is 37.3 Å². The van der Waals surface area contributed by atoms with Gasteiger partial charge in [0.1, 0.15) is 0 Å². The molecule has 0 aliphatic heterocycles. The van der Waals surface area contributed by atoms with E-state index in [2.05, 4.69) is 24.1 Å². The lowest BCUT2D eigenvalue weighted by Gasteiger charge is -2.18. The SMILES string of the molecule is CCN(CC)Cc1cccc(NC(=O)c2ccc(S(=O)(=O)C(F)F)cc2)c1. The van der Waals surface area contributed by atoms with Crippen LogP contribution in [-0.2, 0) is 16.4 Å². The van der Waals surface area contributed by atoms with Crippen LogP contribution in [0.5, 0.6) is 0 Å². The molecule has 0 aliphatic carbocycles. The third-order valence-corrected chi connectivity index (χ3v) is 5.56. The quantitative estimate of drug-likeness (QED) is 0.738. The van der Waals surface area contributed by atoms with Crippen molar-refractivity contribution in [3.8, 4) is 0 Å². The van der Waals surface area contributed by atoms with E-state index in [-0.39, 0.29) is 5.56 Å². The number of alkyl halides is 2. The molecule has 0 heterocycles. The molecule has 0 spiro atoms. The normalized spacial score (nSPS) is 11.8. The Bertz CT molecular complexity index is 880. The Labute approximate surface area is 157 Å². The second-order valence-electron chi connectivity index (χ2n) is 5.95. The van der Waals surface area contributed by atoms with Crippen molar-refractivity contribution in [3.63, 3.8) is 0 Å². The summed E-state index contributed by atoms with van der Waals surface area (Å²) in [7, 11) is -4.67. The number of rotatable bonds is 8. The monoisotopic (exact) mass is 396 g/mol. The van der Waals surface area contributed by atoms with Crippen molar-refractivity contribution in [2.24, 2.45) is 0 Å². The third-order valence-electron chi connectivity index (χ3n) is 4.17. The van der Waals surface area contributed by atoms with Gasteiger partial charge >= 0.3 is 5.76 Å². The predicted octanol–water partition coefficient (Wildman–Crippen LogP) is 3.78. The highest BCUT2D eigenvalue weighted by molar-refractivity contribution is 7.91. The highest BCUT2D eigenvalue weighted by atomic mass is 32.2. The van der Waals surface area contributed by atoms with Gasteiger partial charge in [-0.05, 0) is 55.1 Å². The molecule has 0 aliphatic rings. The summed E-state index contributed by atoms with van der Waals surface area (Å²) in [6, 6.07) is 11.9. The Morgan fingerprint density at radius 3 is 2.26 bits per heavy atom. The molecule has 1 N–H and O–H groups in total. The number of carbonyl (C=O) groups excluding carboxylic acids is 1. The van der Waals surface area contributed by atoms with Gasteiger partial charge in [0.25, 0.3) is 5.91 Å². The predicted molar refractivity (Wildman–Crippen MR) is 101 cm³/mol. The zero-order valence-corrected chi connectivity index (χ0v) is 16.0. The maximum absolute atomic E-state index is 12.6. The average Bonchev–Trinajstić information content (AvgIpc) is 2.66. The minimum absolute atomic E-state index is 0.178. The van der Waals surface area contributed by atoms with E-state index >= 15 is 0 Å². The van der Waals surface area contributed by atoms with Gasteiger partial charge in [0.15, 0.2) is 0 Å². The minimum Gasteiger partial charge on any atom is -0.322 e. The van der Waals surface area contributed by atoms with E-state index in [1.54, 1.807) is 6.07 Å². The standard InChI is InChI=1S/C19H22F2N2O3S/c1-3-23(4-2)13-14-6-5-7-16(12-14)22-18(24)15-8-10-17(11-9-15)27(25,26)19(20)21/h5-12,19H,3-4,13H2,1-2H3,(H,22,24). The molecular weight excluding hydrogens is 374 g/mol. The molecule has 0 aromatic heterocycles. The van der Waals surface area contributed by atoms with Gasteiger partial charge in [0, 0.05) is 17.8 Å². The van der Waals surface area contributed by atoms with E-state index in [1.807, 2.05) is 18.2 Å². The fourth-order valence-corrected chi connectivity index (χ4v) is 3.28. The van der Waals surface area contributed by atoms with Gasteiger partial charge < -0.3 is 5.32 Å². The van der Waals surface area contributed by atoms with E-state index in [4.69, 9.17) is 0 Å². The fraction of sp³-hybridized carbons (Fsp3) is 0.316. The highest BCUT2D eigenvalue weighted by Crippen LogP contribution is 2.19. The van der Waals surface area contributed by atoms with E-state index < -0.39 is 26.4 Å². The maximum atomic E-state index is 12.6. The second-order valence-corrected chi connectivity index (χ2v) is 7.86. The molecule has 2 aromatic rings. The molecule has 0 radical (unpaired) electrons. The first-order chi connectivity index (χ1) is 12.8. The fourth-order valence-electron chi connectivity index (χ4n) is 2.55. The Hall–Kier alpha value is -2.32. The lowest BCUT2D eigenvalue weighted by atomic mass is 10.1. The summed E-state index contributed by atoms with van der Waals surface area (Å²) in [5.41, 5.74) is 1.83. The van der Waals surface area contributed by atoms with Crippen LogP contribution < -0.4 is 5.32 Å². The number of amides is 1. The lowest BCUT2D eigenvalue weighted by molar-refractivity contribution is 0.102. The summed E-state index contributed by atoms with van der Waals surface area (Å²) >= 11 is 0. The number of hydrogen-bond donors (Lipinski definition) is 1. The van der Waals surface area contributed by atoms with Gasteiger partial charge in [-0.3, -0.25) is 9.69 Å². The summed E-state index contributed by atoms with van der Waals surface area (Å²) in [4.78, 5) is 14.1. The van der Waals surface area contributed by atoms with Crippen molar-refractivity contribution in [2.45, 2.75) is 31.0 Å². The van der Waals surface area contributed by atoms with Gasteiger partial charge in [-0.2, -0.15) is 8.78 Å². The molecule has 0 atom stereocenters. The summed E-state index contributed by atoms with van der Waals surface area (Å²) in [6.45, 7) is 6.75. The largest absolute Gasteiger partial charge is 0.341 e. The van der Waals surface area contributed by atoms with Gasteiger partial charge in [0.2, 0.25) is 9.84 Å². The van der Waals surface area contributed by atoms with Gasteiger partial charge in [0.05, 0.1) is 4.90 Å². The van der Waals surface area contributed by atoms with Crippen molar-refractivity contribution in [1.29, 1.82) is 0 Å². The van der Waals surface area contributed by atoms with Crippen molar-refractivity contribution >= 4 is 21.4 Å². The molecule has 1 amide bonds. The second kappa shape index (κ2) is 9.05. The van der Waals surface area contributed by atoms with Gasteiger partial charge in [-0.15, -0.1) is 0 Å². The molecule has 0 unspecified atom stereocenters. The number of carbonyl (C=O) groups is 1. The van der Waals surface area contributed by atoms with Crippen LogP contribution >= 0.6 is 0 Å². The molecule has 146 valence electrons. The number of anilines is 1. The first-order valence-corrected chi connectivity index (χ1v) is 10.1. The smallest absolute Gasteiger partial charge is 0.322 e. The number of nitrogens with one attached hydrogen (secondary N) is 1. The molecule has 8 heteroatoms. The lowest BCUT2D eigenvalue weighted by Crippen LogP contribution is -2.22. The molecule has 0 saturated carbocycles. The van der Waals surface area contributed by atoms with Crippen LogP contribution in [0.2, 0.25) is 0 Å². The van der Waals surface area contributed by atoms with Crippen LogP contribution in [0.15, 0.2) is 53.4 Å². The van der Waals surface area contributed by atoms with E-state index in [0.29, 0.717) is 5.69 Å². The molecule has 0 bridgehead atoms. The van der Waals surface area contributed by atoms with Gasteiger partial charge in [-0.25, -0.2) is 8.42 Å². The molecular formula is C19H22F2N2O3S. The zero-order chi connectivity index (χ0) is 20.0. The van der Waals surface area contributed by atoms with Crippen molar-refractivity contribution in [1.82, 2.24) is 4.90 Å². The van der Waals surface area contributed by atoms with Crippen LogP contribution in [0.3, 0.4) is 0 Å². The van der Waals surface area contributed by atoms with Crippen molar-refractivity contribution in [3.05, 3.63) is 59.7 Å². The molecule has 0 fully saturated rings. The zero-order valence-electron chi connectivity index (χ0n) is 15.2. The van der Waals surface area contributed by atoms with Crippen LogP contribution in [0.4, 0.5) is 14.5 Å². The Kier molecular flexibility index (Phi) is 7.04. The third kappa shape index (κ3) is 5.33. The maximum Gasteiger partial charge on any atom is 0.341 e. The number of halogens is 2. The number of sulfone groups is 1. The topological polar surface area (TPSA) is 66.5 Å². The Balaban J connectivity index is 2.11. The average molecular weight is 396 g/mol. The molecule has 2 rings (SSSR count). The summed E-state index contributed by atoms with van der Waals surface area (Å²) in [5.74, 6) is -3.94. The molecule has 5 nitrogen and oxygen atoms in total. The minimum atomic E-state index is -4.67. The van der Waals surface area contributed by atoms with Gasteiger partial charge in [-0.1, -0.05) is 26.0 Å². The number of hydrogen-bond acceptors (Lipinski definition) is 4. The van der Waals surface area contributed by atoms with E-state index in [1.165, 1.54) is 12.1 Å². The molecule has 0 saturated heterocycles. The number of nitrogens with zero attached hydrogens (tertiary/aromatic N) is 1. The number of benzene rings is 2. The Morgan fingerprint density at radius 1 is 1.07 bits per heavy atom. The Morgan fingerprint density at radius 2 is 1.70 bits per heavy atom. The highest BCUT2D eigenvalue weighted by Gasteiger charge is 2.26. The summed E-state index contributed by atoms with van der Waals surface area (Å²) in [5, 5.41) is 2.73. The van der Waals surface area contributed by atoms with Crippen LogP contribution in [0.25, 0.3) is 0 Å². The first-order valence-electron chi connectivity index (χ1n) is 8.52. The molecule has 27 heavy (non-hydrogen) atoms. The van der Waals surface area contributed by atoms with Crippen LogP contribution in [-0.4, -0.2) is 38.1 Å². The van der Waals surface area contributed by atoms with Crippen molar-refractivity contribution < 1.29 is 22.0 Å². The summed E-state index contributed by atoms with van der Waals surface area (Å²) < 4.78 is 48.0. The van der Waals surface area contributed by atoms with Crippen LogP contribution in [0, 0.1) is 0 Å². The molecule has 2 aromatic carbocycles. The first kappa shape index (κ1) is 21.0. The summed E-state index contributed by atoms with van der Waals surface area (Å²) in [6.07, 6.45) is 0. The van der Waals surface area contributed by atoms with Crippen molar-refractivity contribution in [2.75, 3.05) is 18.4 Å². The van der Waals surface area contributed by atoms with E-state index in [9.17, 15) is 22.0 Å².